The van der Waals surface area contributed by atoms with Crippen molar-refractivity contribution in [1.82, 2.24) is 0 Å². The zero-order valence-electron chi connectivity index (χ0n) is 4.18. The summed E-state index contributed by atoms with van der Waals surface area (Å²) in [6.45, 7) is 0.00836. The quantitative estimate of drug-likeness (QED) is 0.583. The van der Waals surface area contributed by atoms with E-state index < -0.39 is 0 Å². The van der Waals surface area contributed by atoms with Crippen LogP contribution in [0.3, 0.4) is 0 Å². The predicted octanol–water partition coefficient (Wildman–Crippen LogP) is -0.352. The second-order valence-corrected chi connectivity index (χ2v) is 2.86. The van der Waals surface area contributed by atoms with Crippen LogP contribution in [0.1, 0.15) is 6.42 Å². The first-order valence-electron chi connectivity index (χ1n) is 1.99. The van der Waals surface area contributed by atoms with Gasteiger partial charge in [0.05, 0.1) is 0 Å². The summed E-state index contributed by atoms with van der Waals surface area (Å²) in [5.74, 6) is 1.85. The van der Waals surface area contributed by atoms with Crippen LogP contribution in [-0.2, 0) is 4.79 Å². The fourth-order valence-corrected chi connectivity index (χ4v) is 0.813. The van der Waals surface area contributed by atoms with E-state index in [9.17, 15) is 4.79 Å². The second kappa shape index (κ2) is 4.31. The van der Waals surface area contributed by atoms with E-state index in [2.05, 4.69) is 0 Å². The Morgan fingerprint density at radius 3 is 2.57 bits per heavy atom. The first kappa shape index (κ1) is 7.15. The molecule has 0 aromatic heterocycles. The minimum atomic E-state index is 0.00836. The molecule has 0 bridgehead atoms. The monoisotopic (exact) mass is 168 g/mol. The fourth-order valence-electron chi connectivity index (χ4n) is 0.193. The molecule has 0 amide bonds. The summed E-state index contributed by atoms with van der Waals surface area (Å²) in [5, 5.41) is 8.16. The molecule has 0 aromatic rings. The maximum absolute atomic E-state index is 10.3. The molecule has 0 rings (SSSR count). The van der Waals surface area contributed by atoms with Crippen LogP contribution < -0.4 is 0 Å². The molecule has 0 saturated heterocycles. The zero-order chi connectivity index (χ0) is 5.70. The molecule has 0 aromatic carbocycles. The van der Waals surface area contributed by atoms with Gasteiger partial charge >= 0.3 is 48.4 Å². The Balaban J connectivity index is 3.00. The van der Waals surface area contributed by atoms with E-state index in [-0.39, 0.29) is 26.2 Å². The third-order valence-electron chi connectivity index (χ3n) is 0.544. The predicted molar refractivity (Wildman–Crippen MR) is 28.3 cm³/mol. The molecule has 0 spiro atoms. The molecular formula is C4H8O2Se. The molecule has 0 unspecified atom stereocenters. The number of carbonyl (C=O) groups is 1. The van der Waals surface area contributed by atoms with E-state index in [0.717, 1.165) is 0 Å². The van der Waals surface area contributed by atoms with Crippen molar-refractivity contribution >= 4 is 19.6 Å². The molecule has 0 radical (unpaired) electrons. The SMILES string of the molecule is C[Se]C(=O)CCO. The van der Waals surface area contributed by atoms with Gasteiger partial charge in [0.1, 0.15) is 0 Å². The summed E-state index contributed by atoms with van der Waals surface area (Å²) in [4.78, 5) is 10.3. The number of carbonyl (C=O) groups excluding carboxylic acids is 1. The van der Waals surface area contributed by atoms with Crippen LogP contribution in [-0.4, -0.2) is 31.4 Å². The second-order valence-electron chi connectivity index (χ2n) is 1.05. The molecule has 2 nitrogen and oxygen atoms in total. The third kappa shape index (κ3) is 3.99. The molecule has 0 aliphatic heterocycles. The summed E-state index contributed by atoms with van der Waals surface area (Å²) in [7, 11) is 0. The van der Waals surface area contributed by atoms with Crippen molar-refractivity contribution in [1.29, 1.82) is 0 Å². The summed E-state index contributed by atoms with van der Waals surface area (Å²) < 4.78 is 0.190. The number of aliphatic hydroxyl groups excluding tert-OH is 1. The zero-order valence-corrected chi connectivity index (χ0v) is 5.89. The summed E-state index contributed by atoms with van der Waals surface area (Å²) in [5.41, 5.74) is 0. The topological polar surface area (TPSA) is 37.3 Å². The van der Waals surface area contributed by atoms with Crippen molar-refractivity contribution in [3.63, 3.8) is 0 Å². The van der Waals surface area contributed by atoms with E-state index in [1.807, 2.05) is 5.82 Å². The number of aliphatic hydroxyl groups is 1. The van der Waals surface area contributed by atoms with Gasteiger partial charge in [-0.1, -0.05) is 0 Å². The van der Waals surface area contributed by atoms with Crippen molar-refractivity contribution in [2.24, 2.45) is 0 Å². The molecule has 1 N–H and O–H groups in total. The van der Waals surface area contributed by atoms with Crippen molar-refractivity contribution in [2.45, 2.75) is 12.2 Å². The standard InChI is InChI=1S/C4H8O2Se/c1-7-4(6)2-3-5/h5H,2-3H2,1H3. The van der Waals surface area contributed by atoms with Gasteiger partial charge in [-0.2, -0.15) is 0 Å². The van der Waals surface area contributed by atoms with E-state index in [1.54, 1.807) is 0 Å². The summed E-state index contributed by atoms with van der Waals surface area (Å²) in [6, 6.07) is 0. The van der Waals surface area contributed by atoms with Gasteiger partial charge in [0.15, 0.2) is 0 Å². The normalized spacial score (nSPS) is 8.86. The maximum atomic E-state index is 10.3. The van der Waals surface area contributed by atoms with Crippen LogP contribution in [0.15, 0.2) is 0 Å². The Morgan fingerprint density at radius 1 is 1.86 bits per heavy atom. The van der Waals surface area contributed by atoms with Gasteiger partial charge in [-0.05, 0) is 0 Å². The van der Waals surface area contributed by atoms with Gasteiger partial charge < -0.3 is 0 Å². The Labute approximate surface area is 49.1 Å². The average Bonchev–Trinajstić information content (AvgIpc) is 1.68. The van der Waals surface area contributed by atoms with Crippen molar-refractivity contribution in [2.75, 3.05) is 6.61 Å². The van der Waals surface area contributed by atoms with Crippen LogP contribution in [0.25, 0.3) is 0 Å². The molecular weight excluding hydrogens is 159 g/mol. The number of rotatable bonds is 3. The minimum absolute atomic E-state index is 0.00836. The Morgan fingerprint density at radius 2 is 2.43 bits per heavy atom. The van der Waals surface area contributed by atoms with Crippen LogP contribution >= 0.6 is 0 Å². The number of hydrogen-bond donors (Lipinski definition) is 1. The van der Waals surface area contributed by atoms with Crippen molar-refractivity contribution < 1.29 is 9.90 Å². The van der Waals surface area contributed by atoms with Crippen LogP contribution in [0, 0.1) is 0 Å². The molecule has 0 fully saturated rings. The molecule has 0 heterocycles. The summed E-state index contributed by atoms with van der Waals surface area (Å²) in [6.07, 6.45) is 0.344. The van der Waals surface area contributed by atoms with E-state index >= 15 is 0 Å². The van der Waals surface area contributed by atoms with E-state index in [4.69, 9.17) is 5.11 Å². The molecule has 0 aliphatic carbocycles. The molecule has 0 saturated carbocycles. The van der Waals surface area contributed by atoms with E-state index in [0.29, 0.717) is 6.42 Å². The average molecular weight is 167 g/mol. The van der Waals surface area contributed by atoms with E-state index in [1.165, 1.54) is 0 Å². The molecule has 42 valence electrons. The van der Waals surface area contributed by atoms with Gasteiger partial charge in [-0.25, -0.2) is 0 Å². The Kier molecular flexibility index (Phi) is 4.40. The fraction of sp³-hybridized carbons (Fsp3) is 0.750. The summed E-state index contributed by atoms with van der Waals surface area (Å²) >= 11 is 0.0860. The van der Waals surface area contributed by atoms with Gasteiger partial charge in [-0.3, -0.25) is 0 Å². The Hall–Kier alpha value is 0.149. The molecule has 3 heteroatoms. The third-order valence-corrected chi connectivity index (χ3v) is 1.93. The van der Waals surface area contributed by atoms with Crippen molar-refractivity contribution in [3.05, 3.63) is 0 Å². The number of hydrogen-bond acceptors (Lipinski definition) is 2. The van der Waals surface area contributed by atoms with Gasteiger partial charge in [0.2, 0.25) is 0 Å². The van der Waals surface area contributed by atoms with Gasteiger partial charge in [0.25, 0.3) is 0 Å². The first-order chi connectivity index (χ1) is 3.31. The van der Waals surface area contributed by atoms with Crippen LogP contribution in [0.2, 0.25) is 5.82 Å². The van der Waals surface area contributed by atoms with Crippen LogP contribution in [0.5, 0.6) is 0 Å². The molecule has 7 heavy (non-hydrogen) atoms. The van der Waals surface area contributed by atoms with Gasteiger partial charge in [0, 0.05) is 0 Å². The Bertz CT molecular complexity index is 62.7. The van der Waals surface area contributed by atoms with Crippen molar-refractivity contribution in [3.8, 4) is 0 Å². The van der Waals surface area contributed by atoms with Crippen LogP contribution in [0.4, 0.5) is 0 Å². The molecule has 0 atom stereocenters. The van der Waals surface area contributed by atoms with Gasteiger partial charge in [-0.15, -0.1) is 0 Å². The first-order valence-corrected chi connectivity index (χ1v) is 4.56. The molecule has 0 aliphatic rings.